The minimum Gasteiger partial charge on any atom is -0.447 e. The highest BCUT2D eigenvalue weighted by Crippen LogP contribution is 2.51. The summed E-state index contributed by atoms with van der Waals surface area (Å²) >= 11 is 1.76. The maximum atomic E-state index is 17.4. The van der Waals surface area contributed by atoms with E-state index in [1.54, 1.807) is 120 Å². The summed E-state index contributed by atoms with van der Waals surface area (Å²) in [6, 6.07) is 33.9. The van der Waals surface area contributed by atoms with Gasteiger partial charge >= 0.3 is 11.9 Å². The lowest BCUT2D eigenvalue weighted by molar-refractivity contribution is -0.168. The number of imide groups is 1. The van der Waals surface area contributed by atoms with Crippen LogP contribution in [0.5, 0.6) is 0 Å². The number of carbonyl (C=O) groups is 4. The van der Waals surface area contributed by atoms with Gasteiger partial charge in [0.2, 0.25) is 6.10 Å². The van der Waals surface area contributed by atoms with Gasteiger partial charge in [0.15, 0.2) is 12.0 Å². The molecule has 4 atom stereocenters. The Kier molecular flexibility index (Phi) is 10.5. The number of nitrogens with zero attached hydrogens (tertiary/aromatic N) is 4. The van der Waals surface area contributed by atoms with Crippen molar-refractivity contribution in [2.75, 3.05) is 9.33 Å². The molecule has 11 nitrogen and oxygen atoms in total. The second kappa shape index (κ2) is 15.6. The Morgan fingerprint density at radius 3 is 1.80 bits per heavy atom. The van der Waals surface area contributed by atoms with Crippen LogP contribution in [0.1, 0.15) is 54.6 Å². The molecule has 0 N–H and O–H groups in total. The molecular weight excluding hydrogens is 818 g/mol. The highest BCUT2D eigenvalue weighted by atomic mass is 127. The lowest BCUT2D eigenvalue weighted by Gasteiger charge is -2.34. The quantitative estimate of drug-likeness (QED) is 0.0481. The number of fused-ring (bicyclic) bond motifs is 1. The van der Waals surface area contributed by atoms with E-state index in [1.807, 2.05) is 0 Å². The van der Waals surface area contributed by atoms with Gasteiger partial charge in [-0.2, -0.15) is 0 Å². The van der Waals surface area contributed by atoms with E-state index >= 15 is 4.39 Å². The zero-order valence-corrected chi connectivity index (χ0v) is 31.2. The number of carbonyl (C=O) groups excluding carboxylic acids is 4. The molecule has 0 spiro atoms. The van der Waals surface area contributed by atoms with E-state index in [0.717, 1.165) is 11.2 Å². The highest BCUT2D eigenvalue weighted by molar-refractivity contribution is 14.1. The topological polar surface area (TPSA) is 130 Å². The fourth-order valence-corrected chi connectivity index (χ4v) is 6.92. The van der Waals surface area contributed by atoms with Crippen molar-refractivity contribution in [2.24, 2.45) is 0 Å². The molecule has 0 unspecified atom stereocenters. The maximum absolute atomic E-state index is 17.4. The molecule has 2 aromatic heterocycles. The molecule has 1 saturated heterocycles. The largest absolute Gasteiger partial charge is 0.447 e. The van der Waals surface area contributed by atoms with Crippen LogP contribution in [-0.2, 0) is 14.2 Å². The number of hydrogen-bond acceptors (Lipinski definition) is 9. The second-order valence-electron chi connectivity index (χ2n) is 12.3. The molecule has 13 heteroatoms. The van der Waals surface area contributed by atoms with E-state index in [1.165, 1.54) is 48.0 Å². The van der Waals surface area contributed by atoms with Crippen molar-refractivity contribution in [2.45, 2.75) is 30.7 Å². The molecule has 55 heavy (non-hydrogen) atoms. The zero-order chi connectivity index (χ0) is 38.6. The van der Waals surface area contributed by atoms with Crippen LogP contribution in [0, 0.1) is 11.8 Å². The van der Waals surface area contributed by atoms with Gasteiger partial charge in [-0.25, -0.2) is 28.8 Å². The summed E-state index contributed by atoms with van der Waals surface area (Å²) in [5.74, 6) is -0.378. The van der Waals surface area contributed by atoms with Gasteiger partial charge in [-0.15, -0.1) is 5.92 Å². The summed E-state index contributed by atoms with van der Waals surface area (Å²) in [5, 5.41) is 0.191. The summed E-state index contributed by atoms with van der Waals surface area (Å²) in [4.78, 5) is 65.6. The molecule has 0 bridgehead atoms. The Bertz CT molecular complexity index is 2390. The first kappa shape index (κ1) is 37.1. The van der Waals surface area contributed by atoms with Crippen LogP contribution in [0.4, 0.5) is 10.2 Å². The van der Waals surface area contributed by atoms with E-state index in [0.29, 0.717) is 0 Å². The van der Waals surface area contributed by atoms with Gasteiger partial charge in [0.1, 0.15) is 12.0 Å². The number of halogens is 2. The van der Waals surface area contributed by atoms with E-state index < -0.39 is 47.5 Å². The molecule has 0 aliphatic carbocycles. The van der Waals surface area contributed by atoms with Gasteiger partial charge < -0.3 is 18.8 Å². The Balaban J connectivity index is 1.40. The summed E-state index contributed by atoms with van der Waals surface area (Å²) in [6.45, 7) is 1.46. The van der Waals surface area contributed by atoms with Crippen LogP contribution in [0.15, 0.2) is 140 Å². The zero-order valence-electron chi connectivity index (χ0n) is 29.0. The van der Waals surface area contributed by atoms with Crippen molar-refractivity contribution in [3.8, 4) is 11.8 Å². The standard InChI is InChI=1S/C42H30FIN4O7/c1-2-24-41(54-38(52)31-21-13-6-14-22-31)39(53-37(51)30-19-11-5-12-20-30)42(43,26-44)55-40(41)47-25-23-32-33(47)45-27-46-34(32)48(35(49)28-15-7-3-8-16-28)36(50)29-17-9-4-10-18-29/h3-23,25,27,39-40H,26H2,1H3/t39-,40+,41+,42+/m0/s1. The number of anilines is 1. The van der Waals surface area contributed by atoms with Gasteiger partial charge in [-0.3, -0.25) is 9.59 Å². The Morgan fingerprint density at radius 2 is 1.29 bits per heavy atom. The third-order valence-corrected chi connectivity index (χ3v) is 9.90. The second-order valence-corrected chi connectivity index (χ2v) is 13.1. The molecule has 1 aliphatic heterocycles. The van der Waals surface area contributed by atoms with Crippen molar-refractivity contribution in [1.29, 1.82) is 0 Å². The molecule has 2 amide bonds. The molecule has 274 valence electrons. The van der Waals surface area contributed by atoms with Crippen molar-refractivity contribution >= 4 is 63.2 Å². The van der Waals surface area contributed by atoms with Crippen molar-refractivity contribution < 1.29 is 37.8 Å². The molecule has 4 aromatic carbocycles. The normalized spacial score (nSPS) is 20.2. The predicted octanol–water partition coefficient (Wildman–Crippen LogP) is 7.39. The van der Waals surface area contributed by atoms with E-state index in [9.17, 15) is 19.2 Å². The first-order chi connectivity index (χ1) is 26.7. The number of amides is 2. The van der Waals surface area contributed by atoms with Crippen molar-refractivity contribution in [3.05, 3.63) is 162 Å². The highest BCUT2D eigenvalue weighted by Gasteiger charge is 2.70. The number of rotatable bonds is 9. The molecule has 1 fully saturated rings. The van der Waals surface area contributed by atoms with Gasteiger partial charge in [0.25, 0.3) is 23.3 Å². The number of aromatic nitrogens is 3. The lowest BCUT2D eigenvalue weighted by atomic mass is 9.92. The number of benzene rings is 4. The summed E-state index contributed by atoms with van der Waals surface area (Å²) in [6.07, 6.45) is -0.957. The maximum Gasteiger partial charge on any atom is 0.339 e. The Hall–Kier alpha value is -6.24. The van der Waals surface area contributed by atoms with E-state index in [2.05, 4.69) is 21.8 Å². The summed E-state index contributed by atoms with van der Waals surface area (Å²) in [7, 11) is 0. The molecule has 7 rings (SSSR count). The van der Waals surface area contributed by atoms with Crippen LogP contribution in [0.25, 0.3) is 11.0 Å². The average molecular weight is 849 g/mol. The molecule has 6 aromatic rings. The smallest absolute Gasteiger partial charge is 0.339 e. The number of esters is 2. The van der Waals surface area contributed by atoms with Gasteiger partial charge in [0.05, 0.1) is 20.9 Å². The first-order valence-corrected chi connectivity index (χ1v) is 18.4. The molecule has 0 saturated carbocycles. The van der Waals surface area contributed by atoms with Crippen LogP contribution in [-0.4, -0.2) is 60.3 Å². The monoisotopic (exact) mass is 848 g/mol. The van der Waals surface area contributed by atoms with Crippen LogP contribution in [0.2, 0.25) is 0 Å². The first-order valence-electron chi connectivity index (χ1n) is 16.9. The molecule has 0 radical (unpaired) electrons. The fourth-order valence-electron chi connectivity index (χ4n) is 6.34. The van der Waals surface area contributed by atoms with Gasteiger partial charge in [0, 0.05) is 17.3 Å². The van der Waals surface area contributed by atoms with Gasteiger partial charge in [-0.05, 0) is 67.4 Å². The van der Waals surface area contributed by atoms with E-state index in [-0.39, 0.29) is 43.5 Å². The van der Waals surface area contributed by atoms with Crippen LogP contribution >= 0.6 is 22.6 Å². The van der Waals surface area contributed by atoms with E-state index in [4.69, 9.17) is 14.2 Å². The van der Waals surface area contributed by atoms with Gasteiger partial charge in [-0.1, -0.05) is 95.4 Å². The summed E-state index contributed by atoms with van der Waals surface area (Å²) in [5.41, 5.74) is -1.59. The average Bonchev–Trinajstić information content (AvgIpc) is 3.76. The lowest BCUT2D eigenvalue weighted by Crippen LogP contribution is -2.54. The molecule has 3 heterocycles. The third kappa shape index (κ3) is 6.97. The minimum absolute atomic E-state index is 0.0607. The van der Waals surface area contributed by atoms with Crippen LogP contribution < -0.4 is 4.90 Å². The Labute approximate surface area is 328 Å². The Morgan fingerprint density at radius 1 is 0.782 bits per heavy atom. The number of alkyl halides is 2. The SMILES string of the molecule is CC#C[C@]1(OC(=O)c2ccccc2)[C@H](n2ccc3c(N(C(=O)c4ccccc4)C(=O)c4ccccc4)ncnc32)O[C@](F)(CI)[C@H]1OC(=O)c1ccccc1. The van der Waals surface area contributed by atoms with Crippen LogP contribution in [0.3, 0.4) is 0 Å². The molecular formula is C42H30FIN4O7. The number of hydrogen-bond donors (Lipinski definition) is 0. The minimum atomic E-state index is -2.76. The predicted molar refractivity (Wildman–Crippen MR) is 208 cm³/mol. The molecule has 1 aliphatic rings. The van der Waals surface area contributed by atoms with Crippen molar-refractivity contribution in [1.82, 2.24) is 14.5 Å². The number of ether oxygens (including phenoxy) is 3. The fraction of sp³-hybridized carbons (Fsp3) is 0.143. The third-order valence-electron chi connectivity index (χ3n) is 8.86. The van der Waals surface area contributed by atoms with Crippen molar-refractivity contribution in [3.63, 3.8) is 0 Å². The summed E-state index contributed by atoms with van der Waals surface area (Å²) < 4.78 is 36.6.